The first-order chi connectivity index (χ1) is 9.43. The van der Waals surface area contributed by atoms with Crippen LogP contribution in [0, 0.1) is 28.8 Å². The van der Waals surface area contributed by atoms with Crippen molar-refractivity contribution in [2.75, 3.05) is 19.6 Å². The highest BCUT2D eigenvalue weighted by molar-refractivity contribution is 5.95. The van der Waals surface area contributed by atoms with Gasteiger partial charge in [0.05, 0.1) is 10.5 Å². The zero-order chi connectivity index (χ0) is 14.9. The molecule has 2 rings (SSSR count). The molecule has 20 heavy (non-hydrogen) atoms. The quantitative estimate of drug-likeness (QED) is 0.671. The van der Waals surface area contributed by atoms with Gasteiger partial charge in [-0.25, -0.2) is 4.39 Å². The van der Waals surface area contributed by atoms with Crippen LogP contribution in [0.2, 0.25) is 0 Å². The number of aryl methyl sites for hydroxylation is 1. The molecule has 0 spiro atoms. The van der Waals surface area contributed by atoms with E-state index in [2.05, 4.69) is 0 Å². The molecule has 108 valence electrons. The Hall–Kier alpha value is -2.02. The molecule has 1 atom stereocenters. The number of benzene rings is 1. The maximum Gasteiger partial charge on any atom is 0.270 e. The van der Waals surface area contributed by atoms with E-state index in [1.807, 2.05) is 0 Å². The van der Waals surface area contributed by atoms with E-state index in [0.717, 1.165) is 18.6 Å². The van der Waals surface area contributed by atoms with Crippen molar-refractivity contribution in [3.05, 3.63) is 39.2 Å². The average Bonchev–Trinajstić information content (AvgIpc) is 2.89. The number of carbonyl (C=O) groups is 1. The fraction of sp³-hybridized carbons (Fsp3) is 0.462. The highest BCUT2D eigenvalue weighted by Crippen LogP contribution is 2.24. The third-order valence-corrected chi connectivity index (χ3v) is 3.59. The molecule has 0 aliphatic carbocycles. The average molecular weight is 281 g/mol. The second-order valence-electron chi connectivity index (χ2n) is 5.02. The van der Waals surface area contributed by atoms with E-state index in [-0.39, 0.29) is 22.7 Å². The van der Waals surface area contributed by atoms with Crippen molar-refractivity contribution in [1.82, 2.24) is 4.90 Å². The summed E-state index contributed by atoms with van der Waals surface area (Å²) in [6, 6.07) is 2.12. The number of amides is 1. The fourth-order valence-corrected chi connectivity index (χ4v) is 2.39. The van der Waals surface area contributed by atoms with Crippen molar-refractivity contribution in [2.24, 2.45) is 11.7 Å². The largest absolute Gasteiger partial charge is 0.338 e. The van der Waals surface area contributed by atoms with E-state index in [4.69, 9.17) is 5.73 Å². The first-order valence-corrected chi connectivity index (χ1v) is 6.38. The van der Waals surface area contributed by atoms with E-state index in [0.29, 0.717) is 19.6 Å². The Bertz CT molecular complexity index is 562. The van der Waals surface area contributed by atoms with Crippen LogP contribution in [0.1, 0.15) is 22.3 Å². The number of nitro benzene ring substituents is 1. The molecule has 0 radical (unpaired) electrons. The molecular weight excluding hydrogens is 265 g/mol. The third kappa shape index (κ3) is 2.62. The smallest absolute Gasteiger partial charge is 0.270 e. The van der Waals surface area contributed by atoms with Gasteiger partial charge in [0, 0.05) is 25.2 Å². The molecule has 1 amide bonds. The van der Waals surface area contributed by atoms with E-state index in [9.17, 15) is 19.3 Å². The Kier molecular flexibility index (Phi) is 3.99. The van der Waals surface area contributed by atoms with Gasteiger partial charge in [0.25, 0.3) is 11.6 Å². The van der Waals surface area contributed by atoms with Gasteiger partial charge in [0.2, 0.25) is 0 Å². The van der Waals surface area contributed by atoms with Crippen molar-refractivity contribution in [2.45, 2.75) is 13.3 Å². The lowest BCUT2D eigenvalue weighted by molar-refractivity contribution is -0.385. The molecule has 0 bridgehead atoms. The molecular formula is C13H16FN3O3. The molecule has 1 aromatic rings. The molecule has 1 saturated heterocycles. The lowest BCUT2D eigenvalue weighted by atomic mass is 10.1. The first kappa shape index (κ1) is 14.4. The van der Waals surface area contributed by atoms with Crippen molar-refractivity contribution in [3.63, 3.8) is 0 Å². The number of likely N-dealkylation sites (tertiary alicyclic amines) is 1. The fourth-order valence-electron chi connectivity index (χ4n) is 2.39. The minimum Gasteiger partial charge on any atom is -0.338 e. The van der Waals surface area contributed by atoms with E-state index < -0.39 is 16.6 Å². The topological polar surface area (TPSA) is 89.5 Å². The van der Waals surface area contributed by atoms with E-state index >= 15 is 0 Å². The van der Waals surface area contributed by atoms with Gasteiger partial charge in [-0.05, 0) is 31.4 Å². The summed E-state index contributed by atoms with van der Waals surface area (Å²) in [5, 5.41) is 10.8. The molecule has 0 aromatic heterocycles. The predicted octanol–water partition coefficient (Wildman–Crippen LogP) is 1.46. The van der Waals surface area contributed by atoms with Gasteiger partial charge in [-0.15, -0.1) is 0 Å². The zero-order valence-corrected chi connectivity index (χ0v) is 11.1. The number of nitrogens with zero attached hydrogens (tertiary/aromatic N) is 2. The molecule has 1 aromatic carbocycles. The predicted molar refractivity (Wildman–Crippen MR) is 70.9 cm³/mol. The minimum absolute atomic E-state index is 0.0946. The number of rotatable bonds is 3. The van der Waals surface area contributed by atoms with Gasteiger partial charge in [0.1, 0.15) is 5.82 Å². The van der Waals surface area contributed by atoms with Gasteiger partial charge in [-0.1, -0.05) is 0 Å². The number of carbonyl (C=O) groups excluding carboxylic acids is 1. The van der Waals surface area contributed by atoms with Crippen LogP contribution in [0.15, 0.2) is 12.1 Å². The Morgan fingerprint density at radius 2 is 2.30 bits per heavy atom. The summed E-state index contributed by atoms with van der Waals surface area (Å²) < 4.78 is 14.0. The molecule has 7 heteroatoms. The van der Waals surface area contributed by atoms with Crippen LogP contribution in [0.4, 0.5) is 10.1 Å². The van der Waals surface area contributed by atoms with Crippen LogP contribution in [0.5, 0.6) is 0 Å². The van der Waals surface area contributed by atoms with Crippen LogP contribution in [-0.4, -0.2) is 35.4 Å². The molecule has 1 heterocycles. The Labute approximate surface area is 115 Å². The number of non-ortho nitro benzene ring substituents is 1. The van der Waals surface area contributed by atoms with Crippen molar-refractivity contribution < 1.29 is 14.1 Å². The number of nitrogens with two attached hydrogens (primary N) is 1. The molecule has 2 N–H and O–H groups in total. The summed E-state index contributed by atoms with van der Waals surface area (Å²) in [5.41, 5.74) is 5.13. The summed E-state index contributed by atoms with van der Waals surface area (Å²) in [7, 11) is 0. The Balaban J connectivity index is 2.32. The minimum atomic E-state index is -0.697. The second kappa shape index (κ2) is 5.54. The highest BCUT2D eigenvalue weighted by Gasteiger charge is 2.29. The van der Waals surface area contributed by atoms with Crippen LogP contribution in [-0.2, 0) is 0 Å². The van der Waals surface area contributed by atoms with Crippen molar-refractivity contribution in [3.8, 4) is 0 Å². The van der Waals surface area contributed by atoms with Crippen LogP contribution in [0.25, 0.3) is 0 Å². The van der Waals surface area contributed by atoms with Gasteiger partial charge >= 0.3 is 0 Å². The number of hydrogen-bond acceptors (Lipinski definition) is 4. The summed E-state index contributed by atoms with van der Waals surface area (Å²) in [4.78, 5) is 23.9. The molecule has 1 unspecified atom stereocenters. The maximum atomic E-state index is 14.0. The third-order valence-electron chi connectivity index (χ3n) is 3.59. The van der Waals surface area contributed by atoms with Gasteiger partial charge in [-0.2, -0.15) is 0 Å². The first-order valence-electron chi connectivity index (χ1n) is 6.38. The Morgan fingerprint density at radius 1 is 1.60 bits per heavy atom. The van der Waals surface area contributed by atoms with Crippen molar-refractivity contribution >= 4 is 11.6 Å². The summed E-state index contributed by atoms with van der Waals surface area (Å²) in [6.45, 7) is 2.85. The second-order valence-corrected chi connectivity index (χ2v) is 5.02. The highest BCUT2D eigenvalue weighted by atomic mass is 19.1. The number of nitro groups is 1. The molecule has 0 saturated carbocycles. The number of halogens is 1. The van der Waals surface area contributed by atoms with Crippen molar-refractivity contribution in [1.29, 1.82) is 0 Å². The maximum absolute atomic E-state index is 14.0. The summed E-state index contributed by atoms with van der Waals surface area (Å²) in [6.07, 6.45) is 0.776. The molecule has 1 fully saturated rings. The van der Waals surface area contributed by atoms with Gasteiger partial charge in [-0.3, -0.25) is 14.9 Å². The summed E-state index contributed by atoms with van der Waals surface area (Å²) in [5.74, 6) is -0.996. The SMILES string of the molecule is Cc1cc([N+](=O)[O-])cc(C(=O)N2CCC(CN)C2)c1F. The lowest BCUT2D eigenvalue weighted by Crippen LogP contribution is -2.30. The standard InChI is InChI=1S/C13H16FN3O3/c1-8-4-10(17(19)20)5-11(12(8)14)13(18)16-3-2-9(6-15)7-16/h4-5,9H,2-3,6-7,15H2,1H3. The molecule has 1 aliphatic heterocycles. The number of hydrogen-bond donors (Lipinski definition) is 1. The van der Waals surface area contributed by atoms with Gasteiger partial charge in [0.15, 0.2) is 0 Å². The van der Waals surface area contributed by atoms with Crippen LogP contribution >= 0.6 is 0 Å². The van der Waals surface area contributed by atoms with Gasteiger partial charge < -0.3 is 10.6 Å². The molecule has 1 aliphatic rings. The van der Waals surface area contributed by atoms with Crippen LogP contribution < -0.4 is 5.73 Å². The monoisotopic (exact) mass is 281 g/mol. The van der Waals surface area contributed by atoms with E-state index in [1.54, 1.807) is 0 Å². The zero-order valence-electron chi connectivity index (χ0n) is 11.1. The van der Waals surface area contributed by atoms with Crippen LogP contribution in [0.3, 0.4) is 0 Å². The summed E-state index contributed by atoms with van der Waals surface area (Å²) >= 11 is 0. The Morgan fingerprint density at radius 3 is 2.85 bits per heavy atom. The normalized spacial score (nSPS) is 18.4. The van der Waals surface area contributed by atoms with E-state index in [1.165, 1.54) is 11.8 Å². The molecule has 6 nitrogen and oxygen atoms in total. The lowest BCUT2D eigenvalue weighted by Gasteiger charge is -2.17.